The van der Waals surface area contributed by atoms with Gasteiger partial charge in [-0.25, -0.2) is 114 Å². The van der Waals surface area contributed by atoms with Gasteiger partial charge in [0.25, 0.3) is 12.9 Å². The monoisotopic (exact) mass is 2240 g/mol. The lowest BCUT2D eigenvalue weighted by Crippen LogP contribution is -2.45. The van der Waals surface area contributed by atoms with Gasteiger partial charge in [-0.05, 0) is 331 Å². The number of rotatable bonds is 26. The molecule has 0 aromatic heterocycles. The molecule has 834 valence electrons. The first kappa shape index (κ1) is 137. The fourth-order valence-corrected chi connectivity index (χ4v) is 26.7. The molecule has 7 aromatic carbocycles. The van der Waals surface area contributed by atoms with Gasteiger partial charge in [0.1, 0.15) is 22.9 Å². The van der Waals surface area contributed by atoms with Crippen LogP contribution in [0.1, 0.15) is 387 Å². The second-order valence-corrected chi connectivity index (χ2v) is 56.6. The number of alkyl halides is 12. The molecule has 0 amide bonds. The van der Waals surface area contributed by atoms with E-state index in [1.807, 2.05) is 117 Å². The zero-order valence-corrected chi connectivity index (χ0v) is 97.8. The average Bonchev–Trinajstić information content (AvgIpc) is 0.759. The van der Waals surface area contributed by atoms with E-state index in [0.29, 0.717) is 50.2 Å². The molecular weight excluding hydrogens is 2090 g/mol. The SMILES string of the molecule is CC(C)c1cc(C(F)(F)F)c(S(=O)(=O)NC(C)(C)C)cc1F.CC(C)c1ccc(S(=O)(=O)NC(C)(C)C)c(C(F)(F)F)c1F.CC(C)c1ccc(S(=O)(=O)NC(C)(C)C)c(C(F)F)c1.CCN(C(C)(C)C)S(=O)(=O)c1ccc(C(C)C)cc1C(F)F.Cc1c(C(C)C)ccc(S(=O)(=O)NC(C)(C)C)c1C.Cc1c(S(=O)(=O)NC(C)(C)C)ccc(C(C)C)c1Cl.Cc1c(S(=O)(=O)NC(C)(C)C)ccc(C(C)C)c1OC(F)F. The highest BCUT2D eigenvalue weighted by atomic mass is 35.5. The van der Waals surface area contributed by atoms with Gasteiger partial charge >= 0.3 is 19.0 Å². The highest BCUT2D eigenvalue weighted by Gasteiger charge is 2.45. The zero-order chi connectivity index (χ0) is 115. The molecular formula is C102H154ClF14N7O15S7. The van der Waals surface area contributed by atoms with Crippen LogP contribution >= 0.6 is 11.6 Å². The second kappa shape index (κ2) is 51.6. The standard InChI is InChI=1S/C16H25F2NO2S.C15H23F2NO3S.C15H25NO2S.C14H22ClNO2S.2C14H19F4NO2S.C14H21F2NO2S/c1-7-19(16(4,5)6)22(20,21)14-9-8-12(11(2)3)10-13(14)15(17)18;1-9(2)11-7-8-12(10(3)13(11)21-14(16)17)22(19,20)18-15(4,5)6;1-10(2)13-8-9-14(12(4)11(13)3)19(17,18)16-15(5,6)7;1-9(2)11-7-8-12(10(3)13(11)15)19(17,18)16-14(4,5)6;1-8(2)9-6-10(14(16,17)18)12(7-11(9)15)22(20,21)19-13(3,4)5;1-8(2)9-6-7-10(11(12(9)15)14(16,17)18)22(20,21)19-13(3,4)5;1-9(2)10-6-7-12(11(8-10)13(15)16)20(18,19)17-14(3,4)5/h8-11,15H,7H2,1-6H3;7-9,14,18H,1-6H3;8-10,16H,1-7H3;7-9,16H,1-6H3;2*6-8,19H,1-5H3;6-9,13,17H,1-5H3. The lowest BCUT2D eigenvalue weighted by Gasteiger charge is -2.34. The molecule has 44 heteroatoms. The number of nitrogens with one attached hydrogen (secondary N) is 6. The van der Waals surface area contributed by atoms with E-state index in [1.54, 1.807) is 106 Å². The molecule has 6 N–H and O–H groups in total. The molecule has 146 heavy (non-hydrogen) atoms. The molecule has 0 atom stereocenters. The molecule has 0 heterocycles. The van der Waals surface area contributed by atoms with E-state index in [2.05, 4.69) is 46.9 Å². The molecule has 7 rings (SSSR count). The third kappa shape index (κ3) is 41.5. The topological polar surface area (TPSA) is 324 Å². The Kier molecular flexibility index (Phi) is 48.5. The fraction of sp³-hybridized carbons (Fsp3) is 0.588. The minimum atomic E-state index is -5.11. The van der Waals surface area contributed by atoms with Crippen molar-refractivity contribution in [3.05, 3.63) is 197 Å². The molecule has 0 saturated carbocycles. The molecule has 0 aliphatic carbocycles. The van der Waals surface area contributed by atoms with Crippen LogP contribution < -0.4 is 33.1 Å². The Morgan fingerprint density at radius 3 is 0.911 bits per heavy atom. The van der Waals surface area contributed by atoms with Crippen LogP contribution in [0.2, 0.25) is 5.02 Å². The van der Waals surface area contributed by atoms with E-state index in [-0.39, 0.29) is 72.2 Å². The maximum absolute atomic E-state index is 14.2. The zero-order valence-electron chi connectivity index (χ0n) is 91.3. The molecule has 0 saturated heterocycles. The Morgan fingerprint density at radius 2 is 0.603 bits per heavy atom. The van der Waals surface area contributed by atoms with Crippen LogP contribution in [0.5, 0.6) is 5.75 Å². The maximum Gasteiger partial charge on any atom is 0.420 e. The van der Waals surface area contributed by atoms with Crippen LogP contribution in [-0.2, 0) is 82.5 Å². The highest BCUT2D eigenvalue weighted by molar-refractivity contribution is 7.91. The van der Waals surface area contributed by atoms with Crippen molar-refractivity contribution in [3.8, 4) is 5.75 Å². The summed E-state index contributed by atoms with van der Waals surface area (Å²) in [5.41, 5.74) is -2.62. The van der Waals surface area contributed by atoms with E-state index in [1.165, 1.54) is 122 Å². The Morgan fingerprint density at radius 1 is 0.315 bits per heavy atom. The van der Waals surface area contributed by atoms with Gasteiger partial charge in [-0.3, -0.25) is 0 Å². The third-order valence-electron chi connectivity index (χ3n) is 20.5. The number of ether oxygens (including phenoxy) is 1. The van der Waals surface area contributed by atoms with Gasteiger partial charge in [-0.2, -0.15) is 39.4 Å². The average molecular weight is 2240 g/mol. The van der Waals surface area contributed by atoms with Crippen LogP contribution in [-0.4, -0.2) is 115 Å². The Balaban J connectivity index is 0.000000852. The predicted octanol–water partition coefficient (Wildman–Crippen LogP) is 27.6. The highest BCUT2D eigenvalue weighted by Crippen LogP contribution is 2.44. The summed E-state index contributed by atoms with van der Waals surface area (Å²) in [6.07, 6.45) is -15.7. The molecule has 0 fully saturated rings. The first-order valence-corrected chi connectivity index (χ1v) is 57.5. The van der Waals surface area contributed by atoms with Crippen molar-refractivity contribution in [2.75, 3.05) is 6.54 Å². The molecule has 0 spiro atoms. The van der Waals surface area contributed by atoms with Crippen LogP contribution in [0.4, 0.5) is 61.5 Å². The summed E-state index contributed by atoms with van der Waals surface area (Å²) in [5, 5.41) is 0.534. The summed E-state index contributed by atoms with van der Waals surface area (Å²) in [5.74, 6) is -2.90. The summed E-state index contributed by atoms with van der Waals surface area (Å²) >= 11 is 6.28. The summed E-state index contributed by atoms with van der Waals surface area (Å²) in [6, 6.07) is 21.2. The number of sulfonamides is 7. The Bertz CT molecular complexity index is 6320. The molecule has 7 aromatic rings. The van der Waals surface area contributed by atoms with E-state index >= 15 is 0 Å². The van der Waals surface area contributed by atoms with Crippen molar-refractivity contribution < 1.29 is 125 Å². The maximum atomic E-state index is 14.2. The predicted molar refractivity (Wildman–Crippen MR) is 554 cm³/mol. The van der Waals surface area contributed by atoms with Gasteiger partial charge in [0.2, 0.25) is 70.2 Å². The lowest BCUT2D eigenvalue weighted by molar-refractivity contribution is -0.142. The first-order chi connectivity index (χ1) is 64.9. The lowest BCUT2D eigenvalue weighted by atomic mass is 9.95. The van der Waals surface area contributed by atoms with Gasteiger partial charge in [0.05, 0.1) is 39.8 Å². The molecule has 0 bridgehead atoms. The van der Waals surface area contributed by atoms with E-state index < -0.39 is 196 Å². The number of benzene rings is 7. The molecule has 0 aliphatic heterocycles. The van der Waals surface area contributed by atoms with Crippen molar-refractivity contribution in [1.82, 2.24) is 32.6 Å². The quantitative estimate of drug-likeness (QED) is 0.0275. The van der Waals surface area contributed by atoms with Gasteiger partial charge in [-0.1, -0.05) is 152 Å². The number of hydrogen-bond donors (Lipinski definition) is 6. The number of halogens is 15. The van der Waals surface area contributed by atoms with Crippen molar-refractivity contribution in [2.24, 2.45) is 0 Å². The minimum Gasteiger partial charge on any atom is -0.434 e. The summed E-state index contributed by atoms with van der Waals surface area (Å²) in [7, 11) is -27.8. The van der Waals surface area contributed by atoms with Crippen LogP contribution in [0.15, 0.2) is 131 Å². The second-order valence-electron chi connectivity index (χ2n) is 44.4. The summed E-state index contributed by atoms with van der Waals surface area (Å²) in [6.45, 7) is 66.7. The molecule has 22 nitrogen and oxygen atoms in total. The normalized spacial score (nSPS) is 13.3. The summed E-state index contributed by atoms with van der Waals surface area (Å²) < 4.78 is 379. The number of nitrogens with zero attached hydrogens (tertiary/aromatic N) is 1. The van der Waals surface area contributed by atoms with Gasteiger partial charge in [0.15, 0.2) is 0 Å². The Hall–Kier alpha value is -6.98. The third-order valence-corrected chi connectivity index (χ3v) is 34.5. The van der Waals surface area contributed by atoms with Gasteiger partial charge in [-0.15, -0.1) is 0 Å². The van der Waals surface area contributed by atoms with Gasteiger partial charge < -0.3 is 4.74 Å². The largest absolute Gasteiger partial charge is 0.434 e. The summed E-state index contributed by atoms with van der Waals surface area (Å²) in [4.78, 5) is -2.28. The van der Waals surface area contributed by atoms with E-state index in [0.717, 1.165) is 28.8 Å². The van der Waals surface area contributed by atoms with Gasteiger partial charge in [0, 0.05) is 67.0 Å². The minimum absolute atomic E-state index is 0.0533. The first-order valence-electron chi connectivity index (χ1n) is 46.8. The van der Waals surface area contributed by atoms with E-state index in [9.17, 15) is 120 Å². The van der Waals surface area contributed by atoms with Crippen molar-refractivity contribution in [1.29, 1.82) is 0 Å². The molecule has 0 unspecified atom stereocenters. The fourth-order valence-electron chi connectivity index (χ4n) is 14.4. The van der Waals surface area contributed by atoms with Crippen LogP contribution in [0, 0.1) is 39.3 Å². The van der Waals surface area contributed by atoms with Crippen molar-refractivity contribution in [3.63, 3.8) is 0 Å². The number of hydrogen-bond acceptors (Lipinski definition) is 15. The Labute approximate surface area is 866 Å². The van der Waals surface area contributed by atoms with Crippen LogP contribution in [0.3, 0.4) is 0 Å². The van der Waals surface area contributed by atoms with Crippen molar-refractivity contribution in [2.45, 2.75) is 423 Å². The smallest absolute Gasteiger partial charge is 0.420 e. The van der Waals surface area contributed by atoms with Crippen molar-refractivity contribution >= 4 is 81.8 Å². The molecule has 0 aliphatic rings. The van der Waals surface area contributed by atoms with Crippen LogP contribution in [0.25, 0.3) is 0 Å². The molecule has 0 radical (unpaired) electrons. The van der Waals surface area contributed by atoms with E-state index in [4.69, 9.17) is 11.6 Å².